The van der Waals surface area contributed by atoms with Crippen LogP contribution in [0.4, 0.5) is 9.18 Å². The van der Waals surface area contributed by atoms with Crippen LogP contribution in [0, 0.1) is 5.82 Å². The van der Waals surface area contributed by atoms with Crippen molar-refractivity contribution in [3.8, 4) is 0 Å². The summed E-state index contributed by atoms with van der Waals surface area (Å²) in [6, 6.07) is 6.07. The van der Waals surface area contributed by atoms with Gasteiger partial charge in [0.05, 0.1) is 12.6 Å². The van der Waals surface area contributed by atoms with Gasteiger partial charge in [0.25, 0.3) is 0 Å². The number of aliphatic hydroxyl groups excluding tert-OH is 1. The highest BCUT2D eigenvalue weighted by Gasteiger charge is 2.34. The smallest absolute Gasteiger partial charge is 0.317 e. The molecule has 1 aromatic rings. The second-order valence-electron chi connectivity index (χ2n) is 6.38. The van der Waals surface area contributed by atoms with Gasteiger partial charge in [-0.3, -0.25) is 0 Å². The fourth-order valence-corrected chi connectivity index (χ4v) is 2.94. The van der Waals surface area contributed by atoms with Crippen LogP contribution in [0.5, 0.6) is 0 Å². The van der Waals surface area contributed by atoms with E-state index in [1.54, 1.807) is 17.0 Å². The molecule has 0 saturated heterocycles. The Balaban J connectivity index is 1.60. The van der Waals surface area contributed by atoms with Gasteiger partial charge in [-0.15, -0.1) is 0 Å². The highest BCUT2D eigenvalue weighted by Crippen LogP contribution is 2.29. The number of hydrogen-bond donors (Lipinski definition) is 2. The van der Waals surface area contributed by atoms with Crippen LogP contribution in [0.2, 0.25) is 0 Å². The van der Waals surface area contributed by atoms with Crippen LogP contribution in [0.3, 0.4) is 0 Å². The number of aliphatic hydroxyl groups is 1. The van der Waals surface area contributed by atoms with Crippen LogP contribution >= 0.6 is 0 Å². The first-order chi connectivity index (χ1) is 11.1. The first-order valence-corrected chi connectivity index (χ1v) is 8.29. The molecular weight excluding hydrogens is 295 g/mol. The monoisotopic (exact) mass is 318 g/mol. The zero-order valence-corrected chi connectivity index (χ0v) is 13.1. The summed E-state index contributed by atoms with van der Waals surface area (Å²) < 4.78 is 13.0. The van der Waals surface area contributed by atoms with Crippen LogP contribution in [-0.2, 0) is 0 Å². The number of nitrogens with one attached hydrogen (secondary N) is 1. The lowest BCUT2D eigenvalue weighted by atomic mass is 10.0. The molecule has 2 amide bonds. The van der Waals surface area contributed by atoms with Gasteiger partial charge in [0.15, 0.2) is 0 Å². The van der Waals surface area contributed by atoms with Crippen molar-refractivity contribution >= 4 is 6.03 Å². The van der Waals surface area contributed by atoms with Gasteiger partial charge in [-0.2, -0.15) is 0 Å². The van der Waals surface area contributed by atoms with Crippen LogP contribution in [0.15, 0.2) is 36.4 Å². The lowest BCUT2D eigenvalue weighted by molar-refractivity contribution is 0.116. The van der Waals surface area contributed by atoms with Crippen molar-refractivity contribution in [1.82, 2.24) is 10.2 Å². The highest BCUT2D eigenvalue weighted by atomic mass is 19.1. The molecule has 0 bridgehead atoms. The quantitative estimate of drug-likeness (QED) is 0.820. The number of benzene rings is 1. The zero-order valence-electron chi connectivity index (χ0n) is 13.1. The van der Waals surface area contributed by atoms with Gasteiger partial charge in [0, 0.05) is 12.1 Å². The van der Waals surface area contributed by atoms with Crippen LogP contribution < -0.4 is 5.32 Å². The largest absolute Gasteiger partial charge is 0.387 e. The lowest BCUT2D eigenvalue weighted by Crippen LogP contribution is -2.47. The van der Waals surface area contributed by atoms with Crippen molar-refractivity contribution in [2.45, 2.75) is 50.3 Å². The SMILES string of the molecule is O=C(NC1CC=CCC1)N(CC(O)c1ccc(F)cc1)C1CC1. The van der Waals surface area contributed by atoms with Gasteiger partial charge in [0.2, 0.25) is 0 Å². The van der Waals surface area contributed by atoms with Crippen molar-refractivity contribution < 1.29 is 14.3 Å². The summed E-state index contributed by atoms with van der Waals surface area (Å²) in [7, 11) is 0. The molecule has 2 atom stereocenters. The fraction of sp³-hybridized carbons (Fsp3) is 0.500. The number of rotatable bonds is 5. The van der Waals surface area contributed by atoms with E-state index in [1.165, 1.54) is 12.1 Å². The maximum atomic E-state index is 13.0. The van der Waals surface area contributed by atoms with E-state index in [0.717, 1.165) is 32.1 Å². The second-order valence-corrected chi connectivity index (χ2v) is 6.38. The number of carbonyl (C=O) groups excluding carboxylic acids is 1. The Hall–Kier alpha value is -1.88. The third-order valence-electron chi connectivity index (χ3n) is 4.47. The summed E-state index contributed by atoms with van der Waals surface area (Å²) in [6.07, 6.45) is 8.22. The third kappa shape index (κ3) is 4.32. The van der Waals surface area contributed by atoms with Crippen molar-refractivity contribution in [1.29, 1.82) is 0 Å². The molecule has 4 nitrogen and oxygen atoms in total. The predicted octanol–water partition coefficient (Wildman–Crippen LogP) is 3.14. The van der Waals surface area contributed by atoms with Gasteiger partial charge < -0.3 is 15.3 Å². The molecule has 0 aromatic heterocycles. The van der Waals surface area contributed by atoms with Crippen LogP contribution in [0.25, 0.3) is 0 Å². The number of hydrogen-bond acceptors (Lipinski definition) is 2. The van der Waals surface area contributed by atoms with Crippen molar-refractivity contribution in [2.24, 2.45) is 0 Å². The summed E-state index contributed by atoms with van der Waals surface area (Å²) in [5, 5.41) is 13.4. The minimum absolute atomic E-state index is 0.103. The molecule has 0 radical (unpaired) electrons. The van der Waals surface area contributed by atoms with Gasteiger partial charge in [-0.05, 0) is 49.8 Å². The van der Waals surface area contributed by atoms with Crippen molar-refractivity contribution in [3.05, 3.63) is 47.8 Å². The van der Waals surface area contributed by atoms with E-state index in [2.05, 4.69) is 17.5 Å². The Bertz CT molecular complexity index is 569. The average molecular weight is 318 g/mol. The molecule has 0 aliphatic heterocycles. The lowest BCUT2D eigenvalue weighted by Gasteiger charge is -2.29. The number of allylic oxidation sites excluding steroid dienone is 1. The Morgan fingerprint density at radius 1 is 1.26 bits per heavy atom. The summed E-state index contributed by atoms with van der Waals surface area (Å²) in [4.78, 5) is 14.3. The zero-order chi connectivity index (χ0) is 16.2. The average Bonchev–Trinajstić information content (AvgIpc) is 3.38. The molecule has 1 aromatic carbocycles. The standard InChI is InChI=1S/C18H23FN2O2/c19-14-8-6-13(7-9-14)17(22)12-21(16-10-11-16)18(23)20-15-4-2-1-3-5-15/h1-2,6-9,15-17,22H,3-5,10-12H2,(H,20,23). The number of urea groups is 1. The first kappa shape index (κ1) is 16.0. The first-order valence-electron chi connectivity index (χ1n) is 8.29. The summed E-state index contributed by atoms with van der Waals surface area (Å²) in [5.41, 5.74) is 0.630. The predicted molar refractivity (Wildman–Crippen MR) is 86.4 cm³/mol. The Morgan fingerprint density at radius 3 is 2.61 bits per heavy atom. The van der Waals surface area contributed by atoms with Gasteiger partial charge >= 0.3 is 6.03 Å². The van der Waals surface area contributed by atoms with E-state index < -0.39 is 6.10 Å². The molecule has 2 N–H and O–H groups in total. The van der Waals surface area contributed by atoms with Crippen LogP contribution in [0.1, 0.15) is 43.8 Å². The van der Waals surface area contributed by atoms with E-state index in [1.807, 2.05) is 0 Å². The maximum absolute atomic E-state index is 13.0. The number of amides is 2. The van der Waals surface area contributed by atoms with Crippen LogP contribution in [-0.4, -0.2) is 34.7 Å². The molecule has 23 heavy (non-hydrogen) atoms. The fourth-order valence-electron chi connectivity index (χ4n) is 2.94. The van der Waals surface area contributed by atoms with E-state index in [0.29, 0.717) is 5.56 Å². The molecule has 1 saturated carbocycles. The second kappa shape index (κ2) is 7.13. The van der Waals surface area contributed by atoms with E-state index >= 15 is 0 Å². The molecule has 2 unspecified atom stereocenters. The molecular formula is C18H23FN2O2. The Morgan fingerprint density at radius 2 is 2.00 bits per heavy atom. The van der Waals surface area contributed by atoms with Gasteiger partial charge in [-0.25, -0.2) is 9.18 Å². The molecule has 2 aliphatic carbocycles. The van der Waals surface area contributed by atoms with Crippen molar-refractivity contribution in [3.63, 3.8) is 0 Å². The minimum Gasteiger partial charge on any atom is -0.387 e. The van der Waals surface area contributed by atoms with E-state index in [4.69, 9.17) is 0 Å². The van der Waals surface area contributed by atoms with Gasteiger partial charge in [0.1, 0.15) is 5.82 Å². The Labute approximate surface area is 136 Å². The van der Waals surface area contributed by atoms with Crippen molar-refractivity contribution in [2.75, 3.05) is 6.54 Å². The highest BCUT2D eigenvalue weighted by molar-refractivity contribution is 5.75. The third-order valence-corrected chi connectivity index (χ3v) is 4.47. The number of nitrogens with zero attached hydrogens (tertiary/aromatic N) is 1. The molecule has 1 fully saturated rings. The summed E-state index contributed by atoms with van der Waals surface area (Å²) >= 11 is 0. The minimum atomic E-state index is -0.798. The van der Waals surface area contributed by atoms with E-state index in [9.17, 15) is 14.3 Å². The topological polar surface area (TPSA) is 52.6 Å². The summed E-state index contributed by atoms with van der Waals surface area (Å²) in [6.45, 7) is 0.241. The van der Waals surface area contributed by atoms with E-state index in [-0.39, 0.29) is 30.5 Å². The molecule has 124 valence electrons. The molecule has 5 heteroatoms. The number of halogens is 1. The van der Waals surface area contributed by atoms with Gasteiger partial charge in [-0.1, -0.05) is 24.3 Å². The molecule has 2 aliphatic rings. The molecule has 0 spiro atoms. The maximum Gasteiger partial charge on any atom is 0.317 e. The normalized spacial score (nSPS) is 21.7. The Kier molecular flexibility index (Phi) is 4.96. The summed E-state index contributed by atoms with van der Waals surface area (Å²) in [5.74, 6) is -0.330. The molecule has 0 heterocycles. The molecule has 3 rings (SSSR count). The number of carbonyl (C=O) groups is 1.